The largest absolute Gasteiger partial charge is 0.360 e. The van der Waals surface area contributed by atoms with Gasteiger partial charge in [-0.3, -0.25) is 9.59 Å². The van der Waals surface area contributed by atoms with E-state index >= 15 is 0 Å². The summed E-state index contributed by atoms with van der Waals surface area (Å²) < 4.78 is 19.2. The highest BCUT2D eigenvalue weighted by atomic mass is 19.1. The molecule has 1 amide bonds. The van der Waals surface area contributed by atoms with Crippen molar-refractivity contribution in [2.24, 2.45) is 0 Å². The van der Waals surface area contributed by atoms with Crippen molar-refractivity contribution >= 4 is 22.5 Å². The molecule has 130 valence electrons. The van der Waals surface area contributed by atoms with E-state index in [2.05, 4.69) is 15.6 Å². The molecule has 0 saturated carbocycles. The quantitative estimate of drug-likeness (QED) is 0.786. The molecule has 0 fully saturated rings. The van der Waals surface area contributed by atoms with Crippen LogP contribution in [0.25, 0.3) is 10.9 Å². The van der Waals surface area contributed by atoms with Crippen LogP contribution in [0.5, 0.6) is 0 Å². The number of amides is 1. The topological polar surface area (TPSA) is 90.0 Å². The van der Waals surface area contributed by atoms with Gasteiger partial charge in [-0.2, -0.15) is 5.10 Å². The Morgan fingerprint density at radius 1 is 1.32 bits per heavy atom. The zero-order valence-electron chi connectivity index (χ0n) is 14.0. The van der Waals surface area contributed by atoms with Gasteiger partial charge in [0.1, 0.15) is 17.6 Å². The summed E-state index contributed by atoms with van der Waals surface area (Å²) >= 11 is 0. The van der Waals surface area contributed by atoms with Crippen molar-refractivity contribution in [1.82, 2.24) is 14.9 Å². The van der Waals surface area contributed by atoms with E-state index in [-0.39, 0.29) is 5.52 Å². The van der Waals surface area contributed by atoms with Crippen LogP contribution in [0.2, 0.25) is 0 Å². The molecule has 0 aliphatic heterocycles. The summed E-state index contributed by atoms with van der Waals surface area (Å²) in [7, 11) is 0. The van der Waals surface area contributed by atoms with E-state index in [0.717, 1.165) is 4.68 Å². The number of benzene rings is 1. The molecule has 0 unspecified atom stereocenters. The van der Waals surface area contributed by atoms with Gasteiger partial charge in [0.2, 0.25) is 5.91 Å². The number of nitrogens with zero attached hydrogens (tertiary/aromatic N) is 3. The normalized spacial score (nSPS) is 12.3. The lowest BCUT2D eigenvalue weighted by molar-refractivity contribution is -0.119. The standard InChI is InChI=1S/C17H17FN4O3/c1-4-13(16(23)19-12-7-5-11(18)6-8-12)22-17(24)15-14(9(2)20-22)10(3)25-21-15/h5-8,13H,4H2,1-3H3,(H,19,23)/t13-/m0/s1. The number of rotatable bonds is 4. The van der Waals surface area contributed by atoms with Gasteiger partial charge in [-0.05, 0) is 44.5 Å². The second kappa shape index (κ2) is 6.46. The predicted molar refractivity (Wildman–Crippen MR) is 89.9 cm³/mol. The molecule has 7 nitrogen and oxygen atoms in total. The maximum Gasteiger partial charge on any atom is 0.297 e. The van der Waals surface area contributed by atoms with Gasteiger partial charge in [0, 0.05) is 5.69 Å². The second-order valence-electron chi connectivity index (χ2n) is 5.72. The Balaban J connectivity index is 1.99. The molecule has 1 N–H and O–H groups in total. The predicted octanol–water partition coefficient (Wildman–Crippen LogP) is 2.73. The Bertz CT molecular complexity index is 992. The average Bonchev–Trinajstić information content (AvgIpc) is 2.97. The minimum absolute atomic E-state index is 0.151. The smallest absolute Gasteiger partial charge is 0.297 e. The summed E-state index contributed by atoms with van der Waals surface area (Å²) in [5.74, 6) is -0.304. The van der Waals surface area contributed by atoms with E-state index in [9.17, 15) is 14.0 Å². The van der Waals surface area contributed by atoms with Crippen molar-refractivity contribution in [3.05, 3.63) is 51.9 Å². The zero-order chi connectivity index (χ0) is 18.1. The number of anilines is 1. The molecule has 1 atom stereocenters. The number of aromatic nitrogens is 3. The third kappa shape index (κ3) is 3.02. The number of carbonyl (C=O) groups is 1. The first-order chi connectivity index (χ1) is 11.9. The van der Waals surface area contributed by atoms with Crippen LogP contribution in [0.15, 0.2) is 33.6 Å². The van der Waals surface area contributed by atoms with E-state index in [4.69, 9.17) is 4.52 Å². The number of carbonyl (C=O) groups excluding carboxylic acids is 1. The first kappa shape index (κ1) is 16.8. The minimum atomic E-state index is -0.822. The Labute approximate surface area is 142 Å². The van der Waals surface area contributed by atoms with E-state index < -0.39 is 23.3 Å². The summed E-state index contributed by atoms with van der Waals surface area (Å²) in [5.41, 5.74) is 0.658. The van der Waals surface area contributed by atoms with Crippen LogP contribution < -0.4 is 10.9 Å². The summed E-state index contributed by atoms with van der Waals surface area (Å²) in [4.78, 5) is 25.2. The number of halogens is 1. The fourth-order valence-corrected chi connectivity index (χ4v) is 2.75. The zero-order valence-corrected chi connectivity index (χ0v) is 14.0. The molecular weight excluding hydrogens is 327 g/mol. The highest BCUT2D eigenvalue weighted by molar-refractivity contribution is 5.93. The molecule has 0 bridgehead atoms. The molecule has 0 radical (unpaired) electrons. The van der Waals surface area contributed by atoms with Gasteiger partial charge in [0.15, 0.2) is 5.52 Å². The summed E-state index contributed by atoms with van der Waals surface area (Å²) in [5, 5.41) is 11.3. The first-order valence-electron chi connectivity index (χ1n) is 7.84. The van der Waals surface area contributed by atoms with Gasteiger partial charge in [0.05, 0.1) is 11.1 Å². The highest BCUT2D eigenvalue weighted by Crippen LogP contribution is 2.19. The van der Waals surface area contributed by atoms with Crippen LogP contribution in [0, 0.1) is 19.7 Å². The SMILES string of the molecule is CC[C@@H](C(=O)Nc1ccc(F)cc1)n1nc(C)c2c(C)onc2c1=O. The fraction of sp³-hybridized carbons (Fsp3) is 0.294. The van der Waals surface area contributed by atoms with Gasteiger partial charge in [-0.1, -0.05) is 12.1 Å². The Kier molecular flexibility index (Phi) is 4.35. The second-order valence-corrected chi connectivity index (χ2v) is 5.72. The van der Waals surface area contributed by atoms with Crippen molar-refractivity contribution in [2.45, 2.75) is 33.2 Å². The minimum Gasteiger partial charge on any atom is -0.360 e. The van der Waals surface area contributed by atoms with E-state index in [1.54, 1.807) is 20.8 Å². The number of fused-ring (bicyclic) bond motifs is 1. The Hall–Kier alpha value is -3.03. The van der Waals surface area contributed by atoms with Gasteiger partial charge in [-0.25, -0.2) is 9.07 Å². The molecule has 0 aliphatic rings. The van der Waals surface area contributed by atoms with Crippen LogP contribution in [0.3, 0.4) is 0 Å². The molecule has 25 heavy (non-hydrogen) atoms. The van der Waals surface area contributed by atoms with Crippen molar-refractivity contribution in [3.8, 4) is 0 Å². The monoisotopic (exact) mass is 344 g/mol. The van der Waals surface area contributed by atoms with Crippen molar-refractivity contribution in [3.63, 3.8) is 0 Å². The van der Waals surface area contributed by atoms with Gasteiger partial charge in [-0.15, -0.1) is 0 Å². The number of nitrogens with one attached hydrogen (secondary N) is 1. The molecule has 8 heteroatoms. The Morgan fingerprint density at radius 2 is 2.00 bits per heavy atom. The molecule has 3 aromatic rings. The first-order valence-corrected chi connectivity index (χ1v) is 7.84. The molecule has 0 spiro atoms. The third-order valence-electron chi connectivity index (χ3n) is 3.99. The van der Waals surface area contributed by atoms with Crippen LogP contribution in [-0.2, 0) is 4.79 Å². The summed E-state index contributed by atoms with van der Waals surface area (Å²) in [6.45, 7) is 5.20. The third-order valence-corrected chi connectivity index (χ3v) is 3.99. The molecular formula is C17H17FN4O3. The van der Waals surface area contributed by atoms with Gasteiger partial charge >= 0.3 is 0 Å². The van der Waals surface area contributed by atoms with Gasteiger partial charge in [0.25, 0.3) is 5.56 Å². The Morgan fingerprint density at radius 3 is 2.64 bits per heavy atom. The van der Waals surface area contributed by atoms with E-state index in [1.165, 1.54) is 24.3 Å². The maximum absolute atomic E-state index is 13.0. The maximum atomic E-state index is 13.0. The molecule has 0 aliphatic carbocycles. The molecule has 3 rings (SSSR count). The van der Waals surface area contributed by atoms with E-state index in [0.29, 0.717) is 28.9 Å². The van der Waals surface area contributed by atoms with Gasteiger partial charge < -0.3 is 9.84 Å². The molecule has 0 saturated heterocycles. The average molecular weight is 344 g/mol. The summed E-state index contributed by atoms with van der Waals surface area (Å²) in [6, 6.07) is 4.57. The van der Waals surface area contributed by atoms with Crippen molar-refractivity contribution in [1.29, 1.82) is 0 Å². The number of hydrogen-bond acceptors (Lipinski definition) is 5. The summed E-state index contributed by atoms with van der Waals surface area (Å²) in [6.07, 6.45) is 0.349. The van der Waals surface area contributed by atoms with Crippen molar-refractivity contribution < 1.29 is 13.7 Å². The number of aryl methyl sites for hydroxylation is 2. The van der Waals surface area contributed by atoms with E-state index in [1.807, 2.05) is 0 Å². The highest BCUT2D eigenvalue weighted by Gasteiger charge is 2.24. The van der Waals surface area contributed by atoms with Crippen LogP contribution >= 0.6 is 0 Å². The fourth-order valence-electron chi connectivity index (χ4n) is 2.75. The van der Waals surface area contributed by atoms with Crippen LogP contribution in [0.4, 0.5) is 10.1 Å². The van der Waals surface area contributed by atoms with Crippen LogP contribution in [0.1, 0.15) is 30.8 Å². The number of hydrogen-bond donors (Lipinski definition) is 1. The van der Waals surface area contributed by atoms with Crippen LogP contribution in [-0.4, -0.2) is 20.8 Å². The molecule has 1 aromatic carbocycles. The lowest BCUT2D eigenvalue weighted by Crippen LogP contribution is -2.35. The lowest BCUT2D eigenvalue weighted by atomic mass is 10.2. The molecule has 2 aromatic heterocycles. The molecule has 2 heterocycles. The lowest BCUT2D eigenvalue weighted by Gasteiger charge is -2.17. The van der Waals surface area contributed by atoms with Crippen molar-refractivity contribution in [2.75, 3.05) is 5.32 Å².